The average Bonchev–Trinajstić information content (AvgIpc) is 2.85. The fourth-order valence-electron chi connectivity index (χ4n) is 2.31. The molecule has 0 radical (unpaired) electrons. The Labute approximate surface area is 133 Å². The minimum atomic E-state index is -3.84. The molecule has 0 unspecified atom stereocenters. The van der Waals surface area contributed by atoms with Crippen LogP contribution in [-0.4, -0.2) is 19.6 Å². The molecule has 0 aliphatic heterocycles. The molecule has 0 aliphatic carbocycles. The van der Waals surface area contributed by atoms with Crippen molar-refractivity contribution in [1.29, 1.82) is 0 Å². The van der Waals surface area contributed by atoms with Crippen molar-refractivity contribution in [1.82, 2.24) is 4.83 Å². The molecule has 0 saturated heterocycles. The minimum Gasteiger partial charge on any atom is -0.400 e. The number of hydrogen-bond acceptors (Lipinski definition) is 6. The van der Waals surface area contributed by atoms with Crippen LogP contribution in [-0.2, 0) is 10.0 Å². The number of furan rings is 1. The zero-order valence-electron chi connectivity index (χ0n) is 12.7. The largest absolute Gasteiger partial charge is 0.433 e. The molecule has 8 nitrogen and oxygen atoms in total. The number of rotatable bonds is 5. The highest BCUT2D eigenvalue weighted by atomic mass is 32.2. The van der Waals surface area contributed by atoms with Crippen molar-refractivity contribution in [3.05, 3.63) is 56.8 Å². The van der Waals surface area contributed by atoms with Crippen LogP contribution < -0.4 is 4.83 Å². The van der Waals surface area contributed by atoms with E-state index in [9.17, 15) is 18.5 Å². The molecule has 0 aliphatic rings. The fourth-order valence-corrected chi connectivity index (χ4v) is 3.55. The van der Waals surface area contributed by atoms with E-state index in [4.69, 9.17) is 4.42 Å². The van der Waals surface area contributed by atoms with Crippen molar-refractivity contribution < 1.29 is 17.8 Å². The predicted octanol–water partition coefficient (Wildman–Crippen LogP) is 2.43. The Hall–Kier alpha value is -2.68. The quantitative estimate of drug-likeness (QED) is 0.511. The summed E-state index contributed by atoms with van der Waals surface area (Å²) in [7, 11) is -3.84. The molecule has 23 heavy (non-hydrogen) atoms. The second-order valence-electron chi connectivity index (χ2n) is 5.01. The van der Waals surface area contributed by atoms with Gasteiger partial charge in [0.25, 0.3) is 10.0 Å². The summed E-state index contributed by atoms with van der Waals surface area (Å²) >= 11 is 0. The van der Waals surface area contributed by atoms with Gasteiger partial charge in [0, 0.05) is 0 Å². The van der Waals surface area contributed by atoms with E-state index in [1.54, 1.807) is 26.0 Å². The van der Waals surface area contributed by atoms with E-state index in [0.29, 0.717) is 11.1 Å². The van der Waals surface area contributed by atoms with Crippen LogP contribution in [0.4, 0.5) is 5.88 Å². The van der Waals surface area contributed by atoms with E-state index in [0.717, 1.165) is 17.8 Å². The Morgan fingerprint density at radius 2 is 1.83 bits per heavy atom. The Kier molecular flexibility index (Phi) is 4.50. The maximum absolute atomic E-state index is 12.3. The molecule has 0 fully saturated rings. The van der Waals surface area contributed by atoms with Gasteiger partial charge in [-0.1, -0.05) is 17.7 Å². The smallest absolute Gasteiger partial charge is 0.400 e. The van der Waals surface area contributed by atoms with Gasteiger partial charge in [0.1, 0.15) is 4.92 Å². The molecule has 9 heteroatoms. The van der Waals surface area contributed by atoms with Crippen LogP contribution in [0.1, 0.15) is 22.5 Å². The first-order valence-electron chi connectivity index (χ1n) is 6.57. The SMILES string of the molecule is Cc1cc(C)c(S(=O)(=O)NN=Cc2ccc([N+](=O)[O-])o2)c(C)c1. The van der Waals surface area contributed by atoms with E-state index in [1.807, 2.05) is 6.92 Å². The molecule has 0 atom stereocenters. The molecular formula is C14H15N3O5S. The highest BCUT2D eigenvalue weighted by Crippen LogP contribution is 2.21. The Bertz CT molecular complexity index is 861. The summed E-state index contributed by atoms with van der Waals surface area (Å²) < 4.78 is 29.5. The van der Waals surface area contributed by atoms with Crippen LogP contribution in [0.25, 0.3) is 0 Å². The summed E-state index contributed by atoms with van der Waals surface area (Å²) in [5.74, 6) is -0.378. The molecule has 0 amide bonds. The number of nitrogens with one attached hydrogen (secondary N) is 1. The maximum Gasteiger partial charge on any atom is 0.433 e. The fraction of sp³-hybridized carbons (Fsp3) is 0.214. The first kappa shape index (κ1) is 16.7. The molecule has 1 heterocycles. The zero-order valence-corrected chi connectivity index (χ0v) is 13.5. The van der Waals surface area contributed by atoms with Gasteiger partial charge in [-0.15, -0.1) is 0 Å². The Morgan fingerprint density at radius 3 is 2.35 bits per heavy atom. The molecule has 0 spiro atoms. The standard InChI is InChI=1S/C14H15N3O5S/c1-9-6-10(2)14(11(3)7-9)23(20,21)16-15-8-12-4-5-13(22-12)17(18)19/h4-8,16H,1-3H3. The van der Waals surface area contributed by atoms with Gasteiger partial charge >= 0.3 is 5.88 Å². The second-order valence-corrected chi connectivity index (χ2v) is 6.61. The first-order valence-corrected chi connectivity index (χ1v) is 8.06. The van der Waals surface area contributed by atoms with Gasteiger partial charge in [-0.3, -0.25) is 10.1 Å². The van der Waals surface area contributed by atoms with Gasteiger partial charge < -0.3 is 4.42 Å². The molecule has 1 aromatic heterocycles. The molecule has 0 bridgehead atoms. The average molecular weight is 337 g/mol. The topological polar surface area (TPSA) is 115 Å². The van der Waals surface area contributed by atoms with E-state index in [2.05, 4.69) is 9.93 Å². The lowest BCUT2D eigenvalue weighted by Crippen LogP contribution is -2.20. The first-order chi connectivity index (χ1) is 10.7. The summed E-state index contributed by atoms with van der Waals surface area (Å²) in [5.41, 5.74) is 2.18. The van der Waals surface area contributed by atoms with Crippen molar-refractivity contribution in [2.75, 3.05) is 0 Å². The van der Waals surface area contributed by atoms with E-state index >= 15 is 0 Å². The molecule has 122 valence electrons. The number of hydrazone groups is 1. The normalized spacial score (nSPS) is 11.8. The van der Waals surface area contributed by atoms with Gasteiger partial charge in [-0.05, 0) is 38.0 Å². The van der Waals surface area contributed by atoms with Crippen LogP contribution in [0.3, 0.4) is 0 Å². The van der Waals surface area contributed by atoms with Crippen LogP contribution in [0.15, 0.2) is 38.7 Å². The summed E-state index contributed by atoms with van der Waals surface area (Å²) in [6.07, 6.45) is 1.06. The van der Waals surface area contributed by atoms with E-state index in [-0.39, 0.29) is 10.7 Å². The number of aryl methyl sites for hydroxylation is 3. The van der Waals surface area contributed by atoms with Gasteiger partial charge in [0.2, 0.25) is 0 Å². The number of benzene rings is 1. The van der Waals surface area contributed by atoms with Crippen LogP contribution in [0.5, 0.6) is 0 Å². The monoisotopic (exact) mass is 337 g/mol. The number of hydrogen-bond donors (Lipinski definition) is 1. The van der Waals surface area contributed by atoms with Crippen molar-refractivity contribution in [2.45, 2.75) is 25.7 Å². The number of nitrogens with zero attached hydrogens (tertiary/aromatic N) is 2. The maximum atomic E-state index is 12.3. The molecule has 2 aromatic rings. The molecule has 0 saturated carbocycles. The molecular weight excluding hydrogens is 322 g/mol. The van der Waals surface area contributed by atoms with Gasteiger partial charge in [0.05, 0.1) is 17.2 Å². The van der Waals surface area contributed by atoms with Crippen LogP contribution in [0.2, 0.25) is 0 Å². The molecule has 1 N–H and O–H groups in total. The second kappa shape index (κ2) is 6.21. The van der Waals surface area contributed by atoms with Gasteiger partial charge in [-0.2, -0.15) is 18.4 Å². The summed E-state index contributed by atoms with van der Waals surface area (Å²) in [6.45, 7) is 5.29. The van der Waals surface area contributed by atoms with E-state index in [1.165, 1.54) is 6.07 Å². The third-order valence-corrected chi connectivity index (χ3v) is 4.56. The lowest BCUT2D eigenvalue weighted by Gasteiger charge is -2.11. The summed E-state index contributed by atoms with van der Waals surface area (Å²) in [5, 5.41) is 14.1. The van der Waals surface area contributed by atoms with Crippen molar-refractivity contribution >= 4 is 22.1 Å². The predicted molar refractivity (Wildman–Crippen MR) is 83.9 cm³/mol. The Morgan fingerprint density at radius 1 is 1.22 bits per heavy atom. The van der Waals surface area contributed by atoms with Crippen LogP contribution >= 0.6 is 0 Å². The highest BCUT2D eigenvalue weighted by Gasteiger charge is 2.19. The molecule has 1 aromatic carbocycles. The third-order valence-electron chi connectivity index (χ3n) is 3.03. The Balaban J connectivity index is 2.22. The third kappa shape index (κ3) is 3.75. The summed E-state index contributed by atoms with van der Waals surface area (Å²) in [4.78, 5) is 12.0. The number of nitro groups is 1. The van der Waals surface area contributed by atoms with Crippen molar-refractivity contribution in [2.24, 2.45) is 5.10 Å². The summed E-state index contributed by atoms with van der Waals surface area (Å²) in [6, 6.07) is 6.00. The minimum absolute atomic E-state index is 0.0664. The van der Waals surface area contributed by atoms with E-state index < -0.39 is 20.8 Å². The van der Waals surface area contributed by atoms with Gasteiger partial charge in [0.15, 0.2) is 5.76 Å². The molecule has 2 rings (SSSR count). The van der Waals surface area contributed by atoms with Gasteiger partial charge in [-0.25, -0.2) is 0 Å². The van der Waals surface area contributed by atoms with Crippen molar-refractivity contribution in [3.8, 4) is 0 Å². The highest BCUT2D eigenvalue weighted by molar-refractivity contribution is 7.89. The lowest BCUT2D eigenvalue weighted by molar-refractivity contribution is -0.402. The van der Waals surface area contributed by atoms with Crippen molar-refractivity contribution in [3.63, 3.8) is 0 Å². The zero-order chi connectivity index (χ0) is 17.2. The number of sulfonamides is 1. The lowest BCUT2D eigenvalue weighted by atomic mass is 10.1. The van der Waals surface area contributed by atoms with Crippen LogP contribution in [0, 0.1) is 30.9 Å².